The van der Waals surface area contributed by atoms with Crippen LogP contribution in [0.25, 0.3) is 5.65 Å². The molecule has 4 rings (SSSR count). The van der Waals surface area contributed by atoms with Crippen LogP contribution in [0.15, 0.2) is 58.5 Å². The van der Waals surface area contributed by atoms with E-state index >= 15 is 0 Å². The summed E-state index contributed by atoms with van der Waals surface area (Å²) < 4.78 is 2.09. The summed E-state index contributed by atoms with van der Waals surface area (Å²) >= 11 is 1.75. The molecule has 0 spiro atoms. The topological polar surface area (TPSA) is 70.9 Å². The summed E-state index contributed by atoms with van der Waals surface area (Å²) in [5, 5.41) is 19.2. The van der Waals surface area contributed by atoms with E-state index in [4.69, 9.17) is 0 Å². The molecule has 0 atom stereocenters. The lowest BCUT2D eigenvalue weighted by Crippen LogP contribution is -2.15. The van der Waals surface area contributed by atoms with E-state index in [9.17, 15) is 0 Å². The van der Waals surface area contributed by atoms with Crippen LogP contribution in [0.3, 0.4) is 0 Å². The van der Waals surface area contributed by atoms with Crippen LogP contribution in [-0.2, 0) is 12.0 Å². The van der Waals surface area contributed by atoms with Gasteiger partial charge in [-0.05, 0) is 30.7 Å². The Bertz CT molecular complexity index is 1110. The standard InChI is InChI=1S/C21H24N6S/c1-14-11-18(24-23-14)22-12-15-7-5-6-8-17(15)28-16-9-10-19-25-26-20(21(2,3)4)27(19)13-16/h5-11,13H,12H2,1-4H3,(H2,22,23,24). The van der Waals surface area contributed by atoms with E-state index in [2.05, 4.69) is 87.4 Å². The fourth-order valence-corrected chi connectivity index (χ4v) is 3.99. The fraction of sp³-hybridized carbons (Fsp3) is 0.286. The van der Waals surface area contributed by atoms with E-state index < -0.39 is 0 Å². The van der Waals surface area contributed by atoms with Crippen molar-refractivity contribution in [1.82, 2.24) is 24.8 Å². The second-order valence-corrected chi connectivity index (χ2v) is 8.97. The number of H-pyrrole nitrogens is 1. The Morgan fingerprint density at radius 3 is 2.68 bits per heavy atom. The number of hydrogen-bond donors (Lipinski definition) is 2. The number of nitrogens with one attached hydrogen (secondary N) is 2. The van der Waals surface area contributed by atoms with Gasteiger partial charge in [0.25, 0.3) is 0 Å². The molecular weight excluding hydrogens is 368 g/mol. The number of rotatable bonds is 5. The number of aromatic nitrogens is 5. The molecule has 0 unspecified atom stereocenters. The maximum absolute atomic E-state index is 4.38. The molecular formula is C21H24N6S. The van der Waals surface area contributed by atoms with Crippen molar-refractivity contribution in [2.24, 2.45) is 0 Å². The zero-order chi connectivity index (χ0) is 19.7. The fourth-order valence-electron chi connectivity index (χ4n) is 3.02. The molecule has 0 aliphatic rings. The van der Waals surface area contributed by atoms with Crippen molar-refractivity contribution >= 4 is 23.2 Å². The van der Waals surface area contributed by atoms with Gasteiger partial charge in [-0.2, -0.15) is 5.10 Å². The average molecular weight is 393 g/mol. The first-order valence-electron chi connectivity index (χ1n) is 9.27. The molecule has 0 radical (unpaired) electrons. The summed E-state index contributed by atoms with van der Waals surface area (Å²) in [6.07, 6.45) is 2.13. The Balaban J connectivity index is 1.59. The van der Waals surface area contributed by atoms with Crippen molar-refractivity contribution in [3.05, 3.63) is 65.7 Å². The molecule has 0 fully saturated rings. The molecule has 2 N–H and O–H groups in total. The first-order chi connectivity index (χ1) is 13.4. The van der Waals surface area contributed by atoms with Crippen LogP contribution in [0.5, 0.6) is 0 Å². The minimum absolute atomic E-state index is 0.0628. The quantitative estimate of drug-likeness (QED) is 0.509. The van der Waals surface area contributed by atoms with Crippen LogP contribution >= 0.6 is 11.8 Å². The van der Waals surface area contributed by atoms with Crippen LogP contribution in [0, 0.1) is 6.92 Å². The van der Waals surface area contributed by atoms with Crippen molar-refractivity contribution in [3.63, 3.8) is 0 Å². The van der Waals surface area contributed by atoms with Gasteiger partial charge in [0.15, 0.2) is 5.65 Å². The van der Waals surface area contributed by atoms with Gasteiger partial charge < -0.3 is 5.32 Å². The van der Waals surface area contributed by atoms with Gasteiger partial charge in [-0.15, -0.1) is 10.2 Å². The van der Waals surface area contributed by atoms with Crippen LogP contribution < -0.4 is 5.32 Å². The summed E-state index contributed by atoms with van der Waals surface area (Å²) in [5.74, 6) is 1.90. The highest BCUT2D eigenvalue weighted by Crippen LogP contribution is 2.32. The van der Waals surface area contributed by atoms with Gasteiger partial charge in [-0.25, -0.2) is 0 Å². The second-order valence-electron chi connectivity index (χ2n) is 7.85. The highest BCUT2D eigenvalue weighted by Gasteiger charge is 2.21. The van der Waals surface area contributed by atoms with E-state index in [1.807, 2.05) is 19.1 Å². The van der Waals surface area contributed by atoms with E-state index in [1.54, 1.807) is 11.8 Å². The maximum atomic E-state index is 4.38. The van der Waals surface area contributed by atoms with Gasteiger partial charge in [0.05, 0.1) is 5.69 Å². The highest BCUT2D eigenvalue weighted by atomic mass is 32.2. The van der Waals surface area contributed by atoms with E-state index in [1.165, 1.54) is 10.5 Å². The molecule has 0 aliphatic heterocycles. The largest absolute Gasteiger partial charge is 0.366 e. The molecule has 0 aliphatic carbocycles. The van der Waals surface area contributed by atoms with Gasteiger partial charge in [-0.3, -0.25) is 9.50 Å². The predicted octanol–water partition coefficient (Wildman–Crippen LogP) is 4.82. The average Bonchev–Trinajstić information content (AvgIpc) is 3.26. The van der Waals surface area contributed by atoms with Crippen LogP contribution in [0.4, 0.5) is 5.82 Å². The van der Waals surface area contributed by atoms with Crippen LogP contribution in [-0.4, -0.2) is 24.8 Å². The summed E-state index contributed by atoms with van der Waals surface area (Å²) in [4.78, 5) is 2.37. The molecule has 3 aromatic heterocycles. The van der Waals surface area contributed by atoms with Crippen molar-refractivity contribution in [2.45, 2.75) is 49.4 Å². The summed E-state index contributed by atoms with van der Waals surface area (Å²) in [6.45, 7) is 9.16. The minimum Gasteiger partial charge on any atom is -0.366 e. The number of pyridine rings is 1. The number of hydrogen-bond acceptors (Lipinski definition) is 5. The van der Waals surface area contributed by atoms with Crippen molar-refractivity contribution in [3.8, 4) is 0 Å². The molecule has 7 heteroatoms. The van der Waals surface area contributed by atoms with Crippen molar-refractivity contribution < 1.29 is 0 Å². The molecule has 0 amide bonds. The Kier molecular flexibility index (Phi) is 4.85. The summed E-state index contributed by atoms with van der Waals surface area (Å²) in [7, 11) is 0. The Morgan fingerprint density at radius 1 is 1.11 bits per heavy atom. The van der Waals surface area contributed by atoms with Gasteiger partial charge in [0.2, 0.25) is 0 Å². The molecule has 144 valence electrons. The van der Waals surface area contributed by atoms with E-state index in [0.29, 0.717) is 0 Å². The number of fused-ring (bicyclic) bond motifs is 1. The molecule has 0 saturated heterocycles. The zero-order valence-electron chi connectivity index (χ0n) is 16.5. The molecule has 1 aromatic carbocycles. The second kappa shape index (κ2) is 7.31. The first kappa shape index (κ1) is 18.6. The molecule has 28 heavy (non-hydrogen) atoms. The van der Waals surface area contributed by atoms with Crippen LogP contribution in [0.1, 0.15) is 37.9 Å². The molecule has 4 aromatic rings. The first-order valence-corrected chi connectivity index (χ1v) is 10.1. The normalized spacial score (nSPS) is 11.9. The lowest BCUT2D eigenvalue weighted by Gasteiger charge is -2.16. The van der Waals surface area contributed by atoms with E-state index in [-0.39, 0.29) is 5.41 Å². The number of nitrogens with zero attached hydrogens (tertiary/aromatic N) is 4. The number of aryl methyl sites for hydroxylation is 1. The number of aromatic amines is 1. The Morgan fingerprint density at radius 2 is 1.93 bits per heavy atom. The van der Waals surface area contributed by atoms with Gasteiger partial charge >= 0.3 is 0 Å². The summed E-state index contributed by atoms with van der Waals surface area (Å²) in [6, 6.07) is 14.6. The Hall–Kier alpha value is -2.80. The molecule has 3 heterocycles. The van der Waals surface area contributed by atoms with Gasteiger partial charge in [0, 0.05) is 34.0 Å². The zero-order valence-corrected chi connectivity index (χ0v) is 17.3. The van der Waals surface area contributed by atoms with Crippen LogP contribution in [0.2, 0.25) is 0 Å². The molecule has 0 bridgehead atoms. The Labute approximate surface area is 168 Å². The highest BCUT2D eigenvalue weighted by molar-refractivity contribution is 7.99. The third-order valence-electron chi connectivity index (χ3n) is 4.42. The lowest BCUT2D eigenvalue weighted by molar-refractivity contribution is 0.538. The third-order valence-corrected chi connectivity index (χ3v) is 5.52. The van der Waals surface area contributed by atoms with Crippen molar-refractivity contribution in [1.29, 1.82) is 0 Å². The predicted molar refractivity (Wildman–Crippen MR) is 113 cm³/mol. The maximum Gasteiger partial charge on any atom is 0.160 e. The lowest BCUT2D eigenvalue weighted by atomic mass is 9.96. The summed E-state index contributed by atoms with van der Waals surface area (Å²) in [5.41, 5.74) is 3.02. The van der Waals surface area contributed by atoms with Gasteiger partial charge in [0.1, 0.15) is 11.6 Å². The molecule has 6 nitrogen and oxygen atoms in total. The van der Waals surface area contributed by atoms with E-state index in [0.717, 1.165) is 34.4 Å². The third kappa shape index (κ3) is 3.89. The number of anilines is 1. The monoisotopic (exact) mass is 392 g/mol. The smallest absolute Gasteiger partial charge is 0.160 e. The SMILES string of the molecule is Cc1cc(NCc2ccccc2Sc2ccc3nnc(C(C)(C)C)n3c2)[nH]n1. The van der Waals surface area contributed by atoms with Gasteiger partial charge in [-0.1, -0.05) is 50.7 Å². The number of benzene rings is 1. The van der Waals surface area contributed by atoms with Crippen molar-refractivity contribution in [2.75, 3.05) is 5.32 Å². The molecule has 0 saturated carbocycles. The minimum atomic E-state index is -0.0628.